The van der Waals surface area contributed by atoms with Crippen molar-refractivity contribution in [2.24, 2.45) is 0 Å². The molecule has 0 aliphatic heterocycles. The normalized spacial score (nSPS) is 15.5. The second kappa shape index (κ2) is 4.30. The summed E-state index contributed by atoms with van der Waals surface area (Å²) in [6, 6.07) is 0. The quantitative estimate of drug-likeness (QED) is 0.379. The van der Waals surface area contributed by atoms with Gasteiger partial charge in [0.25, 0.3) is 0 Å². The Morgan fingerprint density at radius 1 is 1.90 bits per heavy atom. The number of halogens is 1. The summed E-state index contributed by atoms with van der Waals surface area (Å²) in [6.07, 6.45) is 0.114. The Hall–Kier alpha value is -0.540. The fourth-order valence-corrected chi connectivity index (χ4v) is 0.345. The summed E-state index contributed by atoms with van der Waals surface area (Å²) < 4.78 is 4.42. The molecule has 0 aromatic heterocycles. The van der Waals surface area contributed by atoms with Gasteiger partial charge in [0.1, 0.15) is 6.10 Å². The van der Waals surface area contributed by atoms with Crippen molar-refractivity contribution < 1.29 is 14.6 Å². The lowest BCUT2D eigenvalue weighted by molar-refractivity contribution is -0.152. The molecule has 0 amide bonds. The summed E-state index contributed by atoms with van der Waals surface area (Å²) in [5.74, 6) is -0.750. The highest BCUT2D eigenvalue weighted by Crippen LogP contribution is 2.00. The molecule has 0 aliphatic carbocycles. The van der Waals surface area contributed by atoms with Crippen LogP contribution in [0.25, 0.3) is 0 Å². The number of alkyl halides is 1. The number of carbonyl (C=O) groups is 1. The number of carbonyl (C=O) groups excluding carboxylic acids is 1. The third-order valence-corrected chi connectivity index (χ3v) is 1.02. The Kier molecular flexibility index (Phi) is 4.07. The van der Waals surface area contributed by atoms with E-state index < -0.39 is 17.6 Å². The molecule has 1 N–H and O–H groups in total. The van der Waals surface area contributed by atoms with Crippen molar-refractivity contribution >= 4 is 17.6 Å². The van der Waals surface area contributed by atoms with Crippen LogP contribution in [0.3, 0.4) is 0 Å². The highest BCUT2D eigenvalue weighted by Gasteiger charge is 2.12. The first-order valence-corrected chi connectivity index (χ1v) is 3.16. The summed E-state index contributed by atoms with van der Waals surface area (Å²) in [5.41, 5.74) is -0.859. The van der Waals surface area contributed by atoms with Crippen LogP contribution in [0.2, 0.25) is 0 Å². The SMILES string of the molecule is C=C[C@H](Cl)OC(=O)[C@@H](C)O. The van der Waals surface area contributed by atoms with Crippen LogP contribution >= 0.6 is 11.6 Å². The van der Waals surface area contributed by atoms with Crippen molar-refractivity contribution in [1.29, 1.82) is 0 Å². The Morgan fingerprint density at radius 2 is 2.40 bits per heavy atom. The van der Waals surface area contributed by atoms with Crippen molar-refractivity contribution in [1.82, 2.24) is 0 Å². The molecule has 0 unspecified atom stereocenters. The van der Waals surface area contributed by atoms with Crippen molar-refractivity contribution in [3.8, 4) is 0 Å². The lowest BCUT2D eigenvalue weighted by Gasteiger charge is -2.07. The van der Waals surface area contributed by atoms with Crippen LogP contribution in [0.5, 0.6) is 0 Å². The van der Waals surface area contributed by atoms with Gasteiger partial charge in [0.2, 0.25) is 0 Å². The molecule has 0 aliphatic rings. The smallest absolute Gasteiger partial charge is 0.336 e. The number of aliphatic hydroxyl groups excluding tert-OH is 1. The van der Waals surface area contributed by atoms with Gasteiger partial charge in [-0.25, -0.2) is 4.79 Å². The predicted molar refractivity (Wildman–Crippen MR) is 37.6 cm³/mol. The van der Waals surface area contributed by atoms with E-state index in [2.05, 4.69) is 11.3 Å². The molecule has 4 heteroatoms. The zero-order valence-electron chi connectivity index (χ0n) is 5.58. The lowest BCUT2D eigenvalue weighted by Crippen LogP contribution is -2.21. The number of ether oxygens (including phenoxy) is 1. The second-order valence-corrected chi connectivity index (χ2v) is 2.13. The number of rotatable bonds is 3. The largest absolute Gasteiger partial charge is 0.440 e. The van der Waals surface area contributed by atoms with Crippen LogP contribution in [0.4, 0.5) is 0 Å². The van der Waals surface area contributed by atoms with E-state index in [0.29, 0.717) is 0 Å². The Bertz CT molecular complexity index is 133. The molecule has 0 aromatic rings. The van der Waals surface area contributed by atoms with Gasteiger partial charge in [-0.05, 0) is 13.0 Å². The monoisotopic (exact) mass is 164 g/mol. The lowest BCUT2D eigenvalue weighted by atomic mass is 10.4. The minimum absolute atomic E-state index is 0.750. The maximum absolute atomic E-state index is 10.5. The molecule has 0 bridgehead atoms. The highest BCUT2D eigenvalue weighted by atomic mass is 35.5. The molecule has 0 spiro atoms. The van der Waals surface area contributed by atoms with E-state index in [9.17, 15) is 4.79 Å². The second-order valence-electron chi connectivity index (χ2n) is 1.70. The summed E-state index contributed by atoms with van der Waals surface area (Å²) in [5, 5.41) is 8.60. The van der Waals surface area contributed by atoms with Gasteiger partial charge < -0.3 is 9.84 Å². The van der Waals surface area contributed by atoms with Gasteiger partial charge in [-0.3, -0.25) is 0 Å². The summed E-state index contributed by atoms with van der Waals surface area (Å²) >= 11 is 5.33. The molecule has 0 aromatic carbocycles. The molecular weight excluding hydrogens is 156 g/mol. The summed E-state index contributed by atoms with van der Waals surface area (Å²) in [7, 11) is 0. The fraction of sp³-hybridized carbons (Fsp3) is 0.500. The van der Waals surface area contributed by atoms with Crippen molar-refractivity contribution in [2.75, 3.05) is 0 Å². The Morgan fingerprint density at radius 3 is 2.70 bits per heavy atom. The standard InChI is InChI=1S/C6H9ClO3/c1-3-5(7)10-6(9)4(2)8/h3-5,8H,1H2,2H3/t4-,5-/m1/s1. The molecule has 0 rings (SSSR count). The number of esters is 1. The van der Waals surface area contributed by atoms with Gasteiger partial charge in [-0.1, -0.05) is 18.2 Å². The van der Waals surface area contributed by atoms with Gasteiger partial charge in [0.15, 0.2) is 5.56 Å². The maximum Gasteiger partial charge on any atom is 0.336 e. The van der Waals surface area contributed by atoms with Crippen molar-refractivity contribution in [3.63, 3.8) is 0 Å². The molecule has 0 radical (unpaired) electrons. The van der Waals surface area contributed by atoms with Crippen LogP contribution in [0.15, 0.2) is 12.7 Å². The molecule has 0 saturated heterocycles. The summed E-state index contributed by atoms with van der Waals surface area (Å²) in [6.45, 7) is 4.58. The zero-order chi connectivity index (χ0) is 8.15. The van der Waals surface area contributed by atoms with E-state index in [1.807, 2.05) is 0 Å². The minimum atomic E-state index is -1.14. The van der Waals surface area contributed by atoms with Crippen LogP contribution in [-0.2, 0) is 9.53 Å². The van der Waals surface area contributed by atoms with Gasteiger partial charge in [0.05, 0.1) is 0 Å². The average molecular weight is 165 g/mol. The third-order valence-electron chi connectivity index (χ3n) is 0.755. The van der Waals surface area contributed by atoms with Gasteiger partial charge in [-0.2, -0.15) is 0 Å². The zero-order valence-corrected chi connectivity index (χ0v) is 6.34. The number of aliphatic hydroxyl groups is 1. The summed E-state index contributed by atoms with van der Waals surface area (Å²) in [4.78, 5) is 10.5. The van der Waals surface area contributed by atoms with Gasteiger partial charge >= 0.3 is 5.97 Å². The molecule has 2 atom stereocenters. The first-order valence-electron chi connectivity index (χ1n) is 2.73. The first kappa shape index (κ1) is 9.46. The topological polar surface area (TPSA) is 46.5 Å². The number of hydrogen-bond acceptors (Lipinski definition) is 3. The third kappa shape index (κ3) is 3.48. The van der Waals surface area contributed by atoms with Crippen molar-refractivity contribution in [3.05, 3.63) is 12.7 Å². The molecular formula is C6H9ClO3. The molecule has 3 nitrogen and oxygen atoms in total. The fourth-order valence-electron chi connectivity index (χ4n) is 0.258. The van der Waals surface area contributed by atoms with Crippen LogP contribution in [0, 0.1) is 0 Å². The van der Waals surface area contributed by atoms with Gasteiger partial charge in [0, 0.05) is 0 Å². The molecule has 0 heterocycles. The van der Waals surface area contributed by atoms with Crippen LogP contribution in [0.1, 0.15) is 6.92 Å². The van der Waals surface area contributed by atoms with Crippen molar-refractivity contribution in [2.45, 2.75) is 18.6 Å². The predicted octanol–water partition coefficient (Wildman–Crippen LogP) is 0.661. The van der Waals surface area contributed by atoms with E-state index in [-0.39, 0.29) is 0 Å². The maximum atomic E-state index is 10.5. The molecule has 58 valence electrons. The van der Waals surface area contributed by atoms with Crippen LogP contribution in [-0.4, -0.2) is 22.7 Å². The van der Waals surface area contributed by atoms with E-state index in [0.717, 1.165) is 0 Å². The van der Waals surface area contributed by atoms with Crippen LogP contribution < -0.4 is 0 Å². The minimum Gasteiger partial charge on any atom is -0.440 e. The molecule has 10 heavy (non-hydrogen) atoms. The molecule has 0 fully saturated rings. The highest BCUT2D eigenvalue weighted by molar-refractivity contribution is 6.21. The Balaban J connectivity index is 3.68. The van der Waals surface area contributed by atoms with E-state index >= 15 is 0 Å². The average Bonchev–Trinajstić information content (AvgIpc) is 1.87. The molecule has 0 saturated carbocycles. The van der Waals surface area contributed by atoms with E-state index in [1.165, 1.54) is 13.0 Å². The Labute approximate surface area is 64.2 Å². The number of hydrogen-bond donors (Lipinski definition) is 1. The van der Waals surface area contributed by atoms with E-state index in [1.54, 1.807) is 0 Å². The van der Waals surface area contributed by atoms with Gasteiger partial charge in [-0.15, -0.1) is 0 Å². The van der Waals surface area contributed by atoms with E-state index in [4.69, 9.17) is 16.7 Å². The first-order chi connectivity index (χ1) is 4.57.